The first kappa shape index (κ1) is 23.4. The van der Waals surface area contributed by atoms with E-state index in [4.69, 9.17) is 9.97 Å². The van der Waals surface area contributed by atoms with Crippen LogP contribution in [0, 0.1) is 5.82 Å². The van der Waals surface area contributed by atoms with E-state index in [1.54, 1.807) is 42.9 Å². The van der Waals surface area contributed by atoms with Crippen molar-refractivity contribution in [2.24, 2.45) is 0 Å². The fraction of sp³-hybridized carbons (Fsp3) is 0. The number of H-pyrrole nitrogens is 2. The van der Waals surface area contributed by atoms with E-state index in [9.17, 15) is 9.18 Å². The van der Waals surface area contributed by atoms with Gasteiger partial charge < -0.3 is 10.3 Å². The quantitative estimate of drug-likeness (QED) is 0.252. The number of aromatic amines is 2. The molecule has 0 aliphatic carbocycles. The van der Waals surface area contributed by atoms with E-state index in [0.29, 0.717) is 50.7 Å². The number of anilines is 1. The maximum absolute atomic E-state index is 13.9. The normalized spacial score (nSPS) is 11.2. The Bertz CT molecular complexity index is 2030. The summed E-state index contributed by atoms with van der Waals surface area (Å²) in [5, 5.41) is 10.3. The number of fused-ring (bicyclic) bond motifs is 2. The molecule has 7 rings (SSSR count). The highest BCUT2D eigenvalue weighted by molar-refractivity contribution is 6.04. The molecular formula is C30H19FN8O. The van der Waals surface area contributed by atoms with Crippen LogP contribution in [0.1, 0.15) is 10.4 Å². The summed E-state index contributed by atoms with van der Waals surface area (Å²) in [6, 6.07) is 22.7. The van der Waals surface area contributed by atoms with Gasteiger partial charge in [0.2, 0.25) is 0 Å². The van der Waals surface area contributed by atoms with Crippen LogP contribution in [0.25, 0.3) is 56.1 Å². The minimum absolute atomic E-state index is 0.226. The van der Waals surface area contributed by atoms with Crippen molar-refractivity contribution >= 4 is 33.8 Å². The van der Waals surface area contributed by atoms with Gasteiger partial charge in [0.25, 0.3) is 5.91 Å². The van der Waals surface area contributed by atoms with Gasteiger partial charge in [-0.15, -0.1) is 0 Å². The molecule has 9 nitrogen and oxygen atoms in total. The van der Waals surface area contributed by atoms with E-state index in [0.717, 1.165) is 16.6 Å². The predicted octanol–water partition coefficient (Wildman–Crippen LogP) is 6.02. The van der Waals surface area contributed by atoms with Gasteiger partial charge in [-0.25, -0.2) is 19.3 Å². The van der Waals surface area contributed by atoms with Crippen molar-refractivity contribution in [1.82, 2.24) is 35.1 Å². The molecule has 1 amide bonds. The Balaban J connectivity index is 1.25. The average Bonchev–Trinajstić information content (AvgIpc) is 3.61. The lowest BCUT2D eigenvalue weighted by atomic mass is 10.1. The molecule has 5 aromatic heterocycles. The number of aromatic nitrogens is 7. The number of carbonyl (C=O) groups is 1. The van der Waals surface area contributed by atoms with Crippen molar-refractivity contribution in [2.75, 3.05) is 5.32 Å². The van der Waals surface area contributed by atoms with Gasteiger partial charge in [0.1, 0.15) is 16.9 Å². The second-order valence-electron chi connectivity index (χ2n) is 9.10. The highest BCUT2D eigenvalue weighted by Crippen LogP contribution is 2.31. The molecular weight excluding hydrogens is 507 g/mol. The van der Waals surface area contributed by atoms with Crippen molar-refractivity contribution in [3.05, 3.63) is 109 Å². The fourth-order valence-corrected chi connectivity index (χ4v) is 4.58. The number of imidazole rings is 1. The van der Waals surface area contributed by atoms with Crippen LogP contribution in [-0.4, -0.2) is 41.0 Å². The number of amides is 1. The number of pyridine rings is 3. The molecule has 0 atom stereocenters. The van der Waals surface area contributed by atoms with Gasteiger partial charge in [-0.05, 0) is 54.1 Å². The lowest BCUT2D eigenvalue weighted by molar-refractivity contribution is 0.102. The molecule has 0 saturated heterocycles. The maximum Gasteiger partial charge on any atom is 0.255 e. The first-order valence-corrected chi connectivity index (χ1v) is 12.4. The molecule has 3 N–H and O–H groups in total. The third-order valence-corrected chi connectivity index (χ3v) is 6.48. The molecule has 0 aliphatic heterocycles. The van der Waals surface area contributed by atoms with E-state index in [2.05, 4.69) is 30.5 Å². The van der Waals surface area contributed by atoms with E-state index >= 15 is 0 Å². The number of carbonyl (C=O) groups excluding carboxylic acids is 1. The summed E-state index contributed by atoms with van der Waals surface area (Å²) in [6.07, 6.45) is 4.92. The Hall–Kier alpha value is -5.77. The van der Waals surface area contributed by atoms with Crippen LogP contribution in [0.4, 0.5) is 10.1 Å². The number of halogens is 1. The fourth-order valence-electron chi connectivity index (χ4n) is 4.58. The number of hydrogen-bond acceptors (Lipinski definition) is 6. The number of rotatable bonds is 5. The molecule has 192 valence electrons. The van der Waals surface area contributed by atoms with Crippen molar-refractivity contribution in [1.29, 1.82) is 0 Å². The van der Waals surface area contributed by atoms with Crippen molar-refractivity contribution in [3.8, 4) is 33.9 Å². The lowest BCUT2D eigenvalue weighted by Gasteiger charge is -2.07. The Morgan fingerprint density at radius 1 is 0.850 bits per heavy atom. The summed E-state index contributed by atoms with van der Waals surface area (Å²) in [5.74, 6) is -0.0770. The van der Waals surface area contributed by atoms with Crippen molar-refractivity contribution in [2.45, 2.75) is 0 Å². The Morgan fingerprint density at radius 2 is 1.75 bits per heavy atom. The van der Waals surface area contributed by atoms with E-state index in [-0.39, 0.29) is 11.7 Å². The van der Waals surface area contributed by atoms with Gasteiger partial charge in [0.15, 0.2) is 17.2 Å². The minimum Gasteiger partial charge on any atom is -0.321 e. The lowest BCUT2D eigenvalue weighted by Crippen LogP contribution is -2.11. The van der Waals surface area contributed by atoms with Crippen molar-refractivity contribution < 1.29 is 9.18 Å². The molecule has 0 spiro atoms. The third-order valence-electron chi connectivity index (χ3n) is 6.48. The van der Waals surface area contributed by atoms with E-state index < -0.39 is 0 Å². The first-order valence-electron chi connectivity index (χ1n) is 12.4. The van der Waals surface area contributed by atoms with Gasteiger partial charge in [-0.1, -0.05) is 30.3 Å². The van der Waals surface area contributed by atoms with Crippen LogP contribution < -0.4 is 5.32 Å². The van der Waals surface area contributed by atoms with Gasteiger partial charge in [-0.2, -0.15) is 5.10 Å². The number of hydrogen-bond donors (Lipinski definition) is 3. The molecule has 0 fully saturated rings. The molecule has 0 saturated carbocycles. The Morgan fingerprint density at radius 3 is 2.62 bits per heavy atom. The average molecular weight is 527 g/mol. The molecule has 0 aliphatic rings. The van der Waals surface area contributed by atoms with Crippen LogP contribution >= 0.6 is 0 Å². The highest BCUT2D eigenvalue weighted by Gasteiger charge is 2.18. The van der Waals surface area contributed by atoms with E-state index in [1.807, 2.05) is 42.5 Å². The molecule has 0 radical (unpaired) electrons. The highest BCUT2D eigenvalue weighted by atomic mass is 19.1. The summed E-state index contributed by atoms with van der Waals surface area (Å²) < 4.78 is 13.9. The summed E-state index contributed by atoms with van der Waals surface area (Å²) >= 11 is 0. The standard InChI is InChI=1S/C30H19FN8O/c31-20-8-4-7-18(13-20)22-11-12-33-28-25(22)36-29(37-28)27-26-24(38-39-27)10-9-23(35-26)19-14-21(16-32-15-19)34-30(40)17-5-2-1-3-6-17/h1-16H,(H,34,40)(H,38,39)(H,33,36,37). The number of nitrogens with one attached hydrogen (secondary N) is 3. The SMILES string of the molecule is O=C(Nc1cncc(-c2ccc3[nH]nc(-c4nc5c(-c6cccc(F)c6)ccnc5[nH]4)c3n2)c1)c1ccccc1. The molecule has 40 heavy (non-hydrogen) atoms. The molecule has 0 unspecified atom stereocenters. The van der Waals surface area contributed by atoms with E-state index in [1.165, 1.54) is 12.1 Å². The largest absolute Gasteiger partial charge is 0.321 e. The second-order valence-corrected chi connectivity index (χ2v) is 9.10. The van der Waals surface area contributed by atoms with Crippen LogP contribution in [0.2, 0.25) is 0 Å². The smallest absolute Gasteiger partial charge is 0.255 e. The van der Waals surface area contributed by atoms with Crippen LogP contribution in [0.3, 0.4) is 0 Å². The van der Waals surface area contributed by atoms with Crippen LogP contribution in [0.5, 0.6) is 0 Å². The predicted molar refractivity (Wildman–Crippen MR) is 150 cm³/mol. The third kappa shape index (κ3) is 4.23. The monoisotopic (exact) mass is 526 g/mol. The molecule has 7 aromatic rings. The Labute approximate surface area is 226 Å². The summed E-state index contributed by atoms with van der Waals surface area (Å²) in [5.41, 5.74) is 6.91. The summed E-state index contributed by atoms with van der Waals surface area (Å²) in [6.45, 7) is 0. The van der Waals surface area contributed by atoms with Crippen LogP contribution in [0.15, 0.2) is 97.5 Å². The maximum atomic E-state index is 13.9. The van der Waals surface area contributed by atoms with Gasteiger partial charge >= 0.3 is 0 Å². The number of nitrogens with zero attached hydrogens (tertiary/aromatic N) is 5. The zero-order chi connectivity index (χ0) is 27.1. The number of benzene rings is 2. The van der Waals surface area contributed by atoms with Gasteiger partial charge in [0, 0.05) is 29.1 Å². The van der Waals surface area contributed by atoms with Crippen molar-refractivity contribution in [3.63, 3.8) is 0 Å². The first-order chi connectivity index (χ1) is 19.6. The zero-order valence-corrected chi connectivity index (χ0v) is 20.8. The molecule has 2 aromatic carbocycles. The minimum atomic E-state index is -0.327. The molecule has 5 heterocycles. The summed E-state index contributed by atoms with van der Waals surface area (Å²) in [7, 11) is 0. The topological polar surface area (TPSA) is 125 Å². The molecule has 0 bridgehead atoms. The molecule has 10 heteroatoms. The Kier molecular flexibility index (Phi) is 5.56. The summed E-state index contributed by atoms with van der Waals surface area (Å²) in [4.78, 5) is 34.1. The van der Waals surface area contributed by atoms with Crippen LogP contribution in [-0.2, 0) is 0 Å². The zero-order valence-electron chi connectivity index (χ0n) is 20.8. The van der Waals surface area contributed by atoms with Gasteiger partial charge in [-0.3, -0.25) is 14.9 Å². The second kappa shape index (κ2) is 9.52. The van der Waals surface area contributed by atoms with Gasteiger partial charge in [0.05, 0.1) is 23.1 Å².